The van der Waals surface area contributed by atoms with Crippen molar-refractivity contribution in [3.05, 3.63) is 54.1 Å². The average Bonchev–Trinajstić information content (AvgIpc) is 2.51. The number of benzene rings is 2. The smallest absolute Gasteiger partial charge is 0.319 e. The van der Waals surface area contributed by atoms with Crippen molar-refractivity contribution in [1.82, 2.24) is 5.32 Å². The zero-order valence-corrected chi connectivity index (χ0v) is 15.4. The lowest BCUT2D eigenvalue weighted by Crippen LogP contribution is -2.28. The van der Waals surface area contributed by atoms with E-state index in [-0.39, 0.29) is 11.4 Å². The Bertz CT molecular complexity index is 1000. The Hall–Kier alpha value is -2.63. The van der Waals surface area contributed by atoms with Gasteiger partial charge in [0, 0.05) is 17.9 Å². The molecule has 26 heavy (non-hydrogen) atoms. The largest absolute Gasteiger partial charge is 0.334 e. The van der Waals surface area contributed by atoms with Crippen molar-refractivity contribution in [3.8, 4) is 0 Å². The molecule has 2 aromatic rings. The Kier molecular flexibility index (Phi) is 5.85. The third kappa shape index (κ3) is 6.35. The fourth-order valence-corrected chi connectivity index (χ4v) is 3.11. The van der Waals surface area contributed by atoms with E-state index in [1.54, 1.807) is 24.3 Å². The van der Waals surface area contributed by atoms with Crippen molar-refractivity contribution >= 4 is 37.5 Å². The SMILES string of the molecule is CS(=O)(=O)Nc1cccc(CNC(=O)Nc2ccc(S(N)(=O)=O)cc2)c1. The molecule has 0 saturated carbocycles. The van der Waals surface area contributed by atoms with Gasteiger partial charge in [-0.3, -0.25) is 4.72 Å². The molecule has 0 atom stereocenters. The lowest BCUT2D eigenvalue weighted by molar-refractivity contribution is 0.251. The van der Waals surface area contributed by atoms with E-state index in [1.807, 2.05) is 0 Å². The number of amides is 2. The summed E-state index contributed by atoms with van der Waals surface area (Å²) >= 11 is 0. The second-order valence-corrected chi connectivity index (χ2v) is 8.76. The van der Waals surface area contributed by atoms with Crippen LogP contribution in [0.25, 0.3) is 0 Å². The van der Waals surface area contributed by atoms with Crippen LogP contribution in [0.3, 0.4) is 0 Å². The predicted octanol–water partition coefficient (Wildman–Crippen LogP) is 1.03. The minimum atomic E-state index is -3.79. The number of sulfonamides is 2. The Morgan fingerprint density at radius 3 is 2.23 bits per heavy atom. The maximum Gasteiger partial charge on any atom is 0.319 e. The van der Waals surface area contributed by atoms with Crippen LogP contribution in [-0.2, 0) is 26.6 Å². The summed E-state index contributed by atoms with van der Waals surface area (Å²) in [5.74, 6) is 0. The van der Waals surface area contributed by atoms with E-state index >= 15 is 0 Å². The first-order valence-electron chi connectivity index (χ1n) is 7.27. The van der Waals surface area contributed by atoms with E-state index in [0.29, 0.717) is 16.9 Å². The van der Waals surface area contributed by atoms with Gasteiger partial charge in [0.25, 0.3) is 0 Å². The standard InChI is InChI=1S/C15H18N4O5S2/c1-25(21,22)19-13-4-2-3-11(9-13)10-17-15(20)18-12-5-7-14(8-6-12)26(16,23)24/h2-9,19H,10H2,1H3,(H2,16,23,24)(H2,17,18,20). The lowest BCUT2D eigenvalue weighted by Gasteiger charge is -2.10. The third-order valence-electron chi connectivity index (χ3n) is 3.12. The number of rotatable bonds is 6. The first kappa shape index (κ1) is 19.7. The molecule has 2 rings (SSSR count). The van der Waals surface area contributed by atoms with Crippen molar-refractivity contribution in [3.63, 3.8) is 0 Å². The van der Waals surface area contributed by atoms with Gasteiger partial charge in [-0.15, -0.1) is 0 Å². The molecule has 0 unspecified atom stereocenters. The average molecular weight is 398 g/mol. The Morgan fingerprint density at radius 1 is 1.00 bits per heavy atom. The van der Waals surface area contributed by atoms with E-state index in [1.165, 1.54) is 24.3 Å². The quantitative estimate of drug-likeness (QED) is 0.574. The van der Waals surface area contributed by atoms with Gasteiger partial charge < -0.3 is 10.6 Å². The molecule has 0 spiro atoms. The lowest BCUT2D eigenvalue weighted by atomic mass is 10.2. The molecule has 2 aromatic carbocycles. The number of carbonyl (C=O) groups is 1. The number of hydrogen-bond donors (Lipinski definition) is 4. The summed E-state index contributed by atoms with van der Waals surface area (Å²) < 4.78 is 47.2. The molecule has 11 heteroatoms. The Labute approximate surface area is 151 Å². The molecular formula is C15H18N4O5S2. The Morgan fingerprint density at radius 2 is 1.65 bits per heavy atom. The molecular weight excluding hydrogens is 380 g/mol. The van der Waals surface area contributed by atoms with Crippen LogP contribution in [0.1, 0.15) is 5.56 Å². The van der Waals surface area contributed by atoms with Gasteiger partial charge >= 0.3 is 6.03 Å². The highest BCUT2D eigenvalue weighted by atomic mass is 32.2. The minimum absolute atomic E-state index is 0.0568. The summed E-state index contributed by atoms with van der Waals surface area (Å²) in [5, 5.41) is 10.2. The summed E-state index contributed by atoms with van der Waals surface area (Å²) in [6.07, 6.45) is 1.05. The molecule has 0 aliphatic heterocycles. The molecule has 2 amide bonds. The molecule has 0 heterocycles. The van der Waals surface area contributed by atoms with Gasteiger partial charge in [0.2, 0.25) is 20.0 Å². The first-order valence-corrected chi connectivity index (χ1v) is 10.7. The summed E-state index contributed by atoms with van der Waals surface area (Å²) in [7, 11) is -7.17. The maximum absolute atomic E-state index is 11.9. The van der Waals surface area contributed by atoms with Gasteiger partial charge in [-0.2, -0.15) is 0 Å². The predicted molar refractivity (Wildman–Crippen MR) is 98.6 cm³/mol. The van der Waals surface area contributed by atoms with Crippen molar-refractivity contribution in [2.75, 3.05) is 16.3 Å². The number of anilines is 2. The molecule has 0 bridgehead atoms. The van der Waals surface area contributed by atoms with Crippen LogP contribution in [0.15, 0.2) is 53.4 Å². The number of primary sulfonamides is 1. The number of urea groups is 1. The van der Waals surface area contributed by atoms with Crippen molar-refractivity contribution < 1.29 is 21.6 Å². The molecule has 0 radical (unpaired) electrons. The van der Waals surface area contributed by atoms with Crippen LogP contribution in [-0.4, -0.2) is 29.1 Å². The van der Waals surface area contributed by atoms with E-state index < -0.39 is 26.1 Å². The van der Waals surface area contributed by atoms with E-state index in [2.05, 4.69) is 15.4 Å². The topological polar surface area (TPSA) is 147 Å². The molecule has 140 valence electrons. The fourth-order valence-electron chi connectivity index (χ4n) is 2.04. The summed E-state index contributed by atoms with van der Waals surface area (Å²) in [6, 6.07) is 11.5. The van der Waals surface area contributed by atoms with Crippen LogP contribution >= 0.6 is 0 Å². The number of carbonyl (C=O) groups excluding carboxylic acids is 1. The van der Waals surface area contributed by atoms with Crippen LogP contribution < -0.4 is 20.5 Å². The third-order valence-corrected chi connectivity index (χ3v) is 4.66. The molecule has 0 aliphatic rings. The van der Waals surface area contributed by atoms with Crippen LogP contribution in [0.5, 0.6) is 0 Å². The van der Waals surface area contributed by atoms with E-state index in [4.69, 9.17) is 5.14 Å². The van der Waals surface area contributed by atoms with Crippen LogP contribution in [0.4, 0.5) is 16.2 Å². The zero-order valence-electron chi connectivity index (χ0n) is 13.8. The van der Waals surface area contributed by atoms with Gasteiger partial charge in [-0.05, 0) is 42.0 Å². The second kappa shape index (κ2) is 7.72. The number of nitrogens with one attached hydrogen (secondary N) is 3. The highest BCUT2D eigenvalue weighted by Crippen LogP contribution is 2.13. The molecule has 0 aliphatic carbocycles. The Balaban J connectivity index is 1.94. The highest BCUT2D eigenvalue weighted by molar-refractivity contribution is 7.92. The molecule has 9 nitrogen and oxygen atoms in total. The van der Waals surface area contributed by atoms with Gasteiger partial charge in [0.1, 0.15) is 0 Å². The highest BCUT2D eigenvalue weighted by Gasteiger charge is 2.08. The number of nitrogens with two attached hydrogens (primary N) is 1. The van der Waals surface area contributed by atoms with E-state index in [9.17, 15) is 21.6 Å². The monoisotopic (exact) mass is 398 g/mol. The van der Waals surface area contributed by atoms with Crippen LogP contribution in [0, 0.1) is 0 Å². The van der Waals surface area contributed by atoms with Crippen molar-refractivity contribution in [2.24, 2.45) is 5.14 Å². The van der Waals surface area contributed by atoms with Gasteiger partial charge in [0.15, 0.2) is 0 Å². The first-order chi connectivity index (χ1) is 12.0. The van der Waals surface area contributed by atoms with Gasteiger partial charge in [-0.25, -0.2) is 26.8 Å². The molecule has 0 saturated heterocycles. The maximum atomic E-state index is 11.9. The zero-order chi connectivity index (χ0) is 19.4. The van der Waals surface area contributed by atoms with Crippen LogP contribution in [0.2, 0.25) is 0 Å². The molecule has 0 fully saturated rings. The van der Waals surface area contributed by atoms with Crippen molar-refractivity contribution in [2.45, 2.75) is 11.4 Å². The molecule has 0 aromatic heterocycles. The van der Waals surface area contributed by atoms with Gasteiger partial charge in [-0.1, -0.05) is 12.1 Å². The minimum Gasteiger partial charge on any atom is -0.334 e. The molecule has 5 N–H and O–H groups in total. The normalized spacial score (nSPS) is 11.6. The summed E-state index contributed by atoms with van der Waals surface area (Å²) in [6.45, 7) is 0.167. The summed E-state index contributed by atoms with van der Waals surface area (Å²) in [5.41, 5.74) is 1.48. The van der Waals surface area contributed by atoms with E-state index in [0.717, 1.165) is 6.26 Å². The number of hydrogen-bond acceptors (Lipinski definition) is 5. The van der Waals surface area contributed by atoms with Gasteiger partial charge in [0.05, 0.1) is 11.2 Å². The summed E-state index contributed by atoms with van der Waals surface area (Å²) in [4.78, 5) is 11.8. The second-order valence-electron chi connectivity index (χ2n) is 5.45. The fraction of sp³-hybridized carbons (Fsp3) is 0.133. The van der Waals surface area contributed by atoms with Crippen molar-refractivity contribution in [1.29, 1.82) is 0 Å².